The van der Waals surface area contributed by atoms with Crippen molar-refractivity contribution in [2.45, 2.75) is 13.8 Å². The van der Waals surface area contributed by atoms with E-state index in [0.29, 0.717) is 5.82 Å². The first-order valence-corrected chi connectivity index (χ1v) is 4.75. The largest absolute Gasteiger partial charge is 0.480 e. The first-order valence-electron chi connectivity index (χ1n) is 4.75. The van der Waals surface area contributed by atoms with Crippen molar-refractivity contribution in [1.29, 1.82) is 0 Å². The summed E-state index contributed by atoms with van der Waals surface area (Å²) in [4.78, 5) is 20.5. The summed E-state index contributed by atoms with van der Waals surface area (Å²) >= 11 is 0. The van der Waals surface area contributed by atoms with Gasteiger partial charge in [0, 0.05) is 0 Å². The Labute approximate surface area is 94.1 Å². The molecule has 0 spiro atoms. The molecule has 16 heavy (non-hydrogen) atoms. The minimum Gasteiger partial charge on any atom is -0.480 e. The van der Waals surface area contributed by atoms with Gasteiger partial charge < -0.3 is 10.0 Å². The number of rotatable bonds is 4. The number of aromatic nitrogens is 2. The second-order valence-corrected chi connectivity index (χ2v) is 3.35. The molecule has 5 nitrogen and oxygen atoms in total. The highest BCUT2D eigenvalue weighted by Gasteiger charge is 2.11. The van der Waals surface area contributed by atoms with Gasteiger partial charge >= 0.3 is 5.97 Å². The van der Waals surface area contributed by atoms with Crippen molar-refractivity contribution >= 4 is 11.8 Å². The van der Waals surface area contributed by atoms with Crippen LogP contribution in [0.15, 0.2) is 6.20 Å². The van der Waals surface area contributed by atoms with E-state index in [1.165, 1.54) is 11.1 Å². The molecule has 0 aliphatic rings. The lowest BCUT2D eigenvalue weighted by molar-refractivity contribution is -0.135. The van der Waals surface area contributed by atoms with Gasteiger partial charge in [-0.15, -0.1) is 6.42 Å². The third-order valence-electron chi connectivity index (χ3n) is 2.11. The van der Waals surface area contributed by atoms with Crippen molar-refractivity contribution in [2.24, 2.45) is 0 Å². The molecule has 0 fully saturated rings. The number of nitrogens with zero attached hydrogens (tertiary/aromatic N) is 3. The van der Waals surface area contributed by atoms with E-state index in [4.69, 9.17) is 11.5 Å². The fraction of sp³-hybridized carbons (Fsp3) is 0.364. The zero-order chi connectivity index (χ0) is 12.1. The Morgan fingerprint density at radius 1 is 1.56 bits per heavy atom. The lowest BCUT2D eigenvalue weighted by Gasteiger charge is -2.19. The van der Waals surface area contributed by atoms with Gasteiger partial charge in [0.15, 0.2) is 0 Å². The van der Waals surface area contributed by atoms with Gasteiger partial charge in [0.05, 0.1) is 24.1 Å². The van der Waals surface area contributed by atoms with Gasteiger partial charge in [-0.1, -0.05) is 5.92 Å². The first-order chi connectivity index (χ1) is 7.54. The van der Waals surface area contributed by atoms with Crippen LogP contribution in [0, 0.1) is 26.2 Å². The van der Waals surface area contributed by atoms with E-state index in [-0.39, 0.29) is 13.1 Å². The van der Waals surface area contributed by atoms with Crippen LogP contribution in [-0.2, 0) is 4.79 Å². The Bertz CT molecular complexity index is 437. The minimum absolute atomic E-state index is 0.179. The number of anilines is 1. The van der Waals surface area contributed by atoms with Gasteiger partial charge in [-0.05, 0) is 13.8 Å². The van der Waals surface area contributed by atoms with E-state index in [0.717, 1.165) is 11.4 Å². The summed E-state index contributed by atoms with van der Waals surface area (Å²) in [5.74, 6) is 1.94. The monoisotopic (exact) mass is 219 g/mol. The van der Waals surface area contributed by atoms with Crippen molar-refractivity contribution in [2.75, 3.05) is 18.0 Å². The van der Waals surface area contributed by atoms with Gasteiger partial charge in [0.1, 0.15) is 12.4 Å². The highest BCUT2D eigenvalue weighted by atomic mass is 16.4. The predicted molar refractivity (Wildman–Crippen MR) is 60.2 cm³/mol. The van der Waals surface area contributed by atoms with Crippen LogP contribution in [0.3, 0.4) is 0 Å². The molecule has 0 aliphatic heterocycles. The van der Waals surface area contributed by atoms with Crippen LogP contribution in [-0.4, -0.2) is 34.1 Å². The van der Waals surface area contributed by atoms with Crippen LogP contribution in [0.5, 0.6) is 0 Å². The second-order valence-electron chi connectivity index (χ2n) is 3.35. The zero-order valence-corrected chi connectivity index (χ0v) is 9.27. The predicted octanol–water partition coefficient (Wildman–Crippen LogP) is 0.618. The molecular formula is C11H13N3O2. The molecule has 0 saturated carbocycles. The summed E-state index contributed by atoms with van der Waals surface area (Å²) in [6.45, 7) is 3.68. The van der Waals surface area contributed by atoms with E-state index in [1.807, 2.05) is 13.8 Å². The molecule has 1 N–H and O–H groups in total. The molecule has 0 saturated heterocycles. The van der Waals surface area contributed by atoms with Crippen molar-refractivity contribution in [3.8, 4) is 12.3 Å². The summed E-state index contributed by atoms with van der Waals surface area (Å²) in [6.07, 6.45) is 6.71. The second kappa shape index (κ2) is 5.12. The van der Waals surface area contributed by atoms with Gasteiger partial charge in [-0.3, -0.25) is 9.78 Å². The summed E-state index contributed by atoms with van der Waals surface area (Å²) in [5.41, 5.74) is 1.59. The van der Waals surface area contributed by atoms with Crippen LogP contribution in [0.25, 0.3) is 0 Å². The number of carboxylic acid groups (broad SMARTS) is 1. The summed E-state index contributed by atoms with van der Waals surface area (Å²) in [7, 11) is 0. The molecule has 1 rings (SSSR count). The number of aryl methyl sites for hydroxylation is 2. The maximum Gasteiger partial charge on any atom is 0.323 e. The van der Waals surface area contributed by atoms with Crippen molar-refractivity contribution in [1.82, 2.24) is 9.97 Å². The van der Waals surface area contributed by atoms with Crippen LogP contribution in [0.2, 0.25) is 0 Å². The Morgan fingerprint density at radius 3 is 2.75 bits per heavy atom. The number of hydrogen-bond acceptors (Lipinski definition) is 4. The zero-order valence-electron chi connectivity index (χ0n) is 9.27. The third-order valence-corrected chi connectivity index (χ3v) is 2.11. The van der Waals surface area contributed by atoms with E-state index in [9.17, 15) is 4.79 Å². The SMILES string of the molecule is C#CCN(CC(=O)O)c1cnc(C)c(C)n1. The summed E-state index contributed by atoms with van der Waals surface area (Å²) < 4.78 is 0. The van der Waals surface area contributed by atoms with Gasteiger partial charge in [-0.2, -0.15) is 0 Å². The molecule has 1 heterocycles. The molecule has 0 aliphatic carbocycles. The molecule has 0 bridgehead atoms. The van der Waals surface area contributed by atoms with Crippen LogP contribution in [0.1, 0.15) is 11.4 Å². The normalized spacial score (nSPS) is 9.56. The van der Waals surface area contributed by atoms with Crippen LogP contribution in [0.4, 0.5) is 5.82 Å². The maximum atomic E-state index is 10.7. The molecule has 0 radical (unpaired) electrons. The molecule has 1 aromatic heterocycles. The smallest absolute Gasteiger partial charge is 0.323 e. The molecule has 0 atom stereocenters. The molecule has 0 unspecified atom stereocenters. The highest BCUT2D eigenvalue weighted by molar-refractivity contribution is 5.73. The van der Waals surface area contributed by atoms with Gasteiger partial charge in [0.2, 0.25) is 0 Å². The van der Waals surface area contributed by atoms with Crippen LogP contribution < -0.4 is 4.90 Å². The van der Waals surface area contributed by atoms with Crippen LogP contribution >= 0.6 is 0 Å². The van der Waals surface area contributed by atoms with Crippen molar-refractivity contribution in [3.63, 3.8) is 0 Å². The fourth-order valence-electron chi connectivity index (χ4n) is 1.17. The lowest BCUT2D eigenvalue weighted by Crippen LogP contribution is -2.31. The molecular weight excluding hydrogens is 206 g/mol. The highest BCUT2D eigenvalue weighted by Crippen LogP contribution is 2.11. The molecule has 5 heteroatoms. The van der Waals surface area contributed by atoms with Gasteiger partial charge in [-0.25, -0.2) is 4.98 Å². The summed E-state index contributed by atoms with van der Waals surface area (Å²) in [6, 6.07) is 0. The van der Waals surface area contributed by atoms with E-state index < -0.39 is 5.97 Å². The Kier molecular flexibility index (Phi) is 3.84. The number of carbonyl (C=O) groups is 1. The van der Waals surface area contributed by atoms with E-state index in [1.54, 1.807) is 0 Å². The average Bonchev–Trinajstić information content (AvgIpc) is 2.21. The van der Waals surface area contributed by atoms with Crippen molar-refractivity contribution in [3.05, 3.63) is 17.6 Å². The van der Waals surface area contributed by atoms with Crippen molar-refractivity contribution < 1.29 is 9.90 Å². The molecule has 0 aromatic carbocycles. The molecule has 0 amide bonds. The first kappa shape index (κ1) is 12.0. The number of carboxylic acids is 1. The maximum absolute atomic E-state index is 10.7. The standard InChI is InChI=1S/C11H13N3O2/c1-4-5-14(7-11(15)16)10-6-12-8(2)9(3)13-10/h1,6H,5,7H2,2-3H3,(H,15,16). The minimum atomic E-state index is -0.949. The molecule has 1 aromatic rings. The lowest BCUT2D eigenvalue weighted by atomic mass is 10.3. The fourth-order valence-corrected chi connectivity index (χ4v) is 1.17. The quantitative estimate of drug-likeness (QED) is 0.752. The topological polar surface area (TPSA) is 66.3 Å². The Morgan fingerprint density at radius 2 is 2.25 bits per heavy atom. The number of terminal acetylenes is 1. The van der Waals surface area contributed by atoms with E-state index >= 15 is 0 Å². The molecule has 84 valence electrons. The third kappa shape index (κ3) is 2.95. The van der Waals surface area contributed by atoms with E-state index in [2.05, 4.69) is 15.9 Å². The average molecular weight is 219 g/mol. The Balaban J connectivity index is 2.97. The Hall–Kier alpha value is -2.09. The summed E-state index contributed by atoms with van der Waals surface area (Å²) in [5, 5.41) is 8.74. The number of aliphatic carboxylic acids is 1. The van der Waals surface area contributed by atoms with Gasteiger partial charge in [0.25, 0.3) is 0 Å². The number of hydrogen-bond donors (Lipinski definition) is 1.